The standard InChI is InChI=1S/C13H18FN3O2/c1-19-8-9-5-6-17(7-9)13(18)10-3-2-4-11(14)12(10)16-15/h2-4,9,16H,5-8,15H2,1H3. The number of ether oxygens (including phenoxy) is 1. The third kappa shape index (κ3) is 2.85. The number of hydrogen-bond acceptors (Lipinski definition) is 4. The molecule has 0 saturated carbocycles. The number of hydrogen-bond donors (Lipinski definition) is 2. The molecule has 19 heavy (non-hydrogen) atoms. The Morgan fingerprint density at radius 3 is 3.11 bits per heavy atom. The van der Waals surface area contributed by atoms with Gasteiger partial charge in [0.15, 0.2) is 0 Å². The molecule has 1 heterocycles. The number of benzene rings is 1. The zero-order valence-corrected chi connectivity index (χ0v) is 10.9. The Bertz CT molecular complexity index is 467. The maximum atomic E-state index is 13.6. The largest absolute Gasteiger partial charge is 0.384 e. The Morgan fingerprint density at radius 1 is 1.63 bits per heavy atom. The molecule has 0 aromatic heterocycles. The topological polar surface area (TPSA) is 67.6 Å². The minimum Gasteiger partial charge on any atom is -0.384 e. The van der Waals surface area contributed by atoms with Crippen molar-refractivity contribution in [3.63, 3.8) is 0 Å². The molecule has 0 aliphatic carbocycles. The second-order valence-electron chi connectivity index (χ2n) is 4.67. The fraction of sp³-hybridized carbons (Fsp3) is 0.462. The smallest absolute Gasteiger partial charge is 0.256 e. The van der Waals surface area contributed by atoms with E-state index < -0.39 is 5.82 Å². The van der Waals surface area contributed by atoms with Gasteiger partial charge in [-0.3, -0.25) is 10.6 Å². The minimum atomic E-state index is -0.527. The first-order valence-corrected chi connectivity index (χ1v) is 6.20. The molecule has 2 rings (SSSR count). The molecule has 6 heteroatoms. The van der Waals surface area contributed by atoms with Gasteiger partial charge in [0.1, 0.15) is 5.82 Å². The van der Waals surface area contributed by atoms with Crippen LogP contribution in [0.2, 0.25) is 0 Å². The van der Waals surface area contributed by atoms with Crippen molar-refractivity contribution in [3.8, 4) is 0 Å². The van der Waals surface area contributed by atoms with Crippen molar-refractivity contribution >= 4 is 11.6 Å². The zero-order valence-electron chi connectivity index (χ0n) is 10.9. The SMILES string of the molecule is COCC1CCN(C(=O)c2cccc(F)c2NN)C1. The summed E-state index contributed by atoms with van der Waals surface area (Å²) >= 11 is 0. The molecule has 104 valence electrons. The number of nitrogens with one attached hydrogen (secondary N) is 1. The summed E-state index contributed by atoms with van der Waals surface area (Å²) in [6, 6.07) is 4.35. The van der Waals surface area contributed by atoms with Crippen molar-refractivity contribution in [2.75, 3.05) is 32.2 Å². The molecule has 1 atom stereocenters. The Balaban J connectivity index is 2.15. The van der Waals surface area contributed by atoms with E-state index in [1.54, 1.807) is 18.1 Å². The van der Waals surface area contributed by atoms with Crippen molar-refractivity contribution in [3.05, 3.63) is 29.6 Å². The molecule has 0 radical (unpaired) electrons. The summed E-state index contributed by atoms with van der Waals surface area (Å²) in [6.07, 6.45) is 0.903. The number of carbonyl (C=O) groups excluding carboxylic acids is 1. The number of likely N-dealkylation sites (tertiary alicyclic amines) is 1. The minimum absolute atomic E-state index is 0.0442. The predicted molar refractivity (Wildman–Crippen MR) is 70.1 cm³/mol. The monoisotopic (exact) mass is 267 g/mol. The highest BCUT2D eigenvalue weighted by molar-refractivity contribution is 5.99. The first-order chi connectivity index (χ1) is 9.17. The second kappa shape index (κ2) is 5.99. The van der Waals surface area contributed by atoms with Crippen LogP contribution in [-0.2, 0) is 4.74 Å². The molecular weight excluding hydrogens is 249 g/mol. The van der Waals surface area contributed by atoms with Crippen LogP contribution in [0.1, 0.15) is 16.8 Å². The van der Waals surface area contributed by atoms with Crippen LogP contribution in [-0.4, -0.2) is 37.6 Å². The number of nitrogen functional groups attached to an aromatic ring is 1. The number of rotatable bonds is 4. The van der Waals surface area contributed by atoms with Gasteiger partial charge in [0.25, 0.3) is 5.91 Å². The summed E-state index contributed by atoms with van der Waals surface area (Å²) in [5.74, 6) is 4.90. The second-order valence-corrected chi connectivity index (χ2v) is 4.67. The molecule has 0 bridgehead atoms. The summed E-state index contributed by atoms with van der Waals surface area (Å²) in [5, 5.41) is 0. The lowest BCUT2D eigenvalue weighted by molar-refractivity contribution is 0.0776. The molecule has 1 aromatic carbocycles. The average molecular weight is 267 g/mol. The average Bonchev–Trinajstić information content (AvgIpc) is 2.86. The number of halogens is 1. The maximum Gasteiger partial charge on any atom is 0.256 e. The first-order valence-electron chi connectivity index (χ1n) is 6.20. The summed E-state index contributed by atoms with van der Waals surface area (Å²) in [6.45, 7) is 1.93. The lowest BCUT2D eigenvalue weighted by Gasteiger charge is -2.18. The van der Waals surface area contributed by atoms with Crippen LogP contribution >= 0.6 is 0 Å². The Hall–Kier alpha value is -1.66. The van der Waals surface area contributed by atoms with E-state index in [1.165, 1.54) is 12.1 Å². The summed E-state index contributed by atoms with van der Waals surface area (Å²) in [5.41, 5.74) is 2.57. The van der Waals surface area contributed by atoms with Gasteiger partial charge in [-0.25, -0.2) is 4.39 Å². The molecule has 1 amide bonds. The van der Waals surface area contributed by atoms with E-state index in [1.807, 2.05) is 0 Å². The number of para-hydroxylation sites is 1. The number of nitrogens with two attached hydrogens (primary N) is 1. The molecular formula is C13H18FN3O2. The molecule has 3 N–H and O–H groups in total. The lowest BCUT2D eigenvalue weighted by Crippen LogP contribution is -2.30. The molecule has 1 saturated heterocycles. The molecule has 0 spiro atoms. The quantitative estimate of drug-likeness (QED) is 0.636. The molecule has 5 nitrogen and oxygen atoms in total. The predicted octanol–water partition coefficient (Wildman–Crippen LogP) is 1.22. The van der Waals surface area contributed by atoms with Crippen LogP contribution in [0.5, 0.6) is 0 Å². The lowest BCUT2D eigenvalue weighted by atomic mass is 10.1. The van der Waals surface area contributed by atoms with E-state index in [-0.39, 0.29) is 17.2 Å². The highest BCUT2D eigenvalue weighted by Gasteiger charge is 2.28. The van der Waals surface area contributed by atoms with Gasteiger partial charge in [-0.1, -0.05) is 6.07 Å². The van der Waals surface area contributed by atoms with E-state index in [4.69, 9.17) is 10.6 Å². The Kier molecular flexibility index (Phi) is 4.34. The van der Waals surface area contributed by atoms with Crippen LogP contribution in [0.4, 0.5) is 10.1 Å². The summed E-state index contributed by atoms with van der Waals surface area (Å²) in [4.78, 5) is 14.1. The van der Waals surface area contributed by atoms with Crippen LogP contribution in [0.3, 0.4) is 0 Å². The maximum absolute atomic E-state index is 13.6. The van der Waals surface area contributed by atoms with Crippen molar-refractivity contribution in [2.24, 2.45) is 11.8 Å². The first kappa shape index (κ1) is 13.8. The highest BCUT2D eigenvalue weighted by atomic mass is 19.1. The van der Waals surface area contributed by atoms with Crippen molar-refractivity contribution < 1.29 is 13.9 Å². The number of amides is 1. The third-order valence-corrected chi connectivity index (χ3v) is 3.36. The van der Waals surface area contributed by atoms with E-state index >= 15 is 0 Å². The van der Waals surface area contributed by atoms with Crippen LogP contribution < -0.4 is 11.3 Å². The fourth-order valence-electron chi connectivity index (χ4n) is 2.41. The van der Waals surface area contributed by atoms with Crippen LogP contribution in [0.15, 0.2) is 18.2 Å². The highest BCUT2D eigenvalue weighted by Crippen LogP contribution is 2.24. The fourth-order valence-corrected chi connectivity index (χ4v) is 2.41. The van der Waals surface area contributed by atoms with Crippen LogP contribution in [0.25, 0.3) is 0 Å². The number of hydrazine groups is 1. The third-order valence-electron chi connectivity index (χ3n) is 3.36. The van der Waals surface area contributed by atoms with Gasteiger partial charge in [-0.15, -0.1) is 0 Å². The summed E-state index contributed by atoms with van der Waals surface area (Å²) in [7, 11) is 1.65. The zero-order chi connectivity index (χ0) is 13.8. The van der Waals surface area contributed by atoms with Gasteiger partial charge in [-0.05, 0) is 18.6 Å². The number of carbonyl (C=O) groups is 1. The number of nitrogens with zero attached hydrogens (tertiary/aromatic N) is 1. The van der Waals surface area contributed by atoms with E-state index in [2.05, 4.69) is 5.43 Å². The van der Waals surface area contributed by atoms with E-state index in [9.17, 15) is 9.18 Å². The molecule has 1 aromatic rings. The number of anilines is 1. The van der Waals surface area contributed by atoms with Gasteiger partial charge < -0.3 is 15.1 Å². The van der Waals surface area contributed by atoms with E-state index in [0.717, 1.165) is 6.42 Å². The Morgan fingerprint density at radius 2 is 2.42 bits per heavy atom. The normalized spacial score (nSPS) is 18.7. The van der Waals surface area contributed by atoms with Gasteiger partial charge in [-0.2, -0.15) is 0 Å². The molecule has 1 fully saturated rings. The van der Waals surface area contributed by atoms with Gasteiger partial charge in [0.2, 0.25) is 0 Å². The van der Waals surface area contributed by atoms with Crippen molar-refractivity contribution in [2.45, 2.75) is 6.42 Å². The number of methoxy groups -OCH3 is 1. The summed E-state index contributed by atoms with van der Waals surface area (Å²) < 4.78 is 18.7. The van der Waals surface area contributed by atoms with E-state index in [0.29, 0.717) is 25.6 Å². The Labute approximate surface area is 111 Å². The van der Waals surface area contributed by atoms with Crippen LogP contribution in [0, 0.1) is 11.7 Å². The van der Waals surface area contributed by atoms with Gasteiger partial charge in [0, 0.05) is 26.1 Å². The van der Waals surface area contributed by atoms with Gasteiger partial charge in [0.05, 0.1) is 17.9 Å². The van der Waals surface area contributed by atoms with Crippen molar-refractivity contribution in [1.82, 2.24) is 4.90 Å². The van der Waals surface area contributed by atoms with Gasteiger partial charge >= 0.3 is 0 Å². The molecule has 1 aliphatic rings. The van der Waals surface area contributed by atoms with Crippen molar-refractivity contribution in [1.29, 1.82) is 0 Å². The molecule has 1 aliphatic heterocycles. The molecule has 1 unspecified atom stereocenters.